The third-order valence-electron chi connectivity index (χ3n) is 5.04. The quantitative estimate of drug-likeness (QED) is 0.170. The Morgan fingerprint density at radius 1 is 0.750 bits per heavy atom. The van der Waals surface area contributed by atoms with E-state index in [1.165, 1.54) is 103 Å². The molecule has 0 N–H and O–H groups in total. The van der Waals surface area contributed by atoms with E-state index in [0.29, 0.717) is 12.5 Å². The molecule has 24 heavy (non-hydrogen) atoms. The normalized spacial score (nSPS) is 16.3. The number of carbonyl (C=O) groups is 1. The highest BCUT2D eigenvalue weighted by molar-refractivity contribution is 5.68. The molecule has 3 nitrogen and oxygen atoms in total. The average molecular weight is 341 g/mol. The number of epoxide rings is 1. The first-order valence-electron chi connectivity index (χ1n) is 10.5. The minimum absolute atomic E-state index is 0.0668. The summed E-state index contributed by atoms with van der Waals surface area (Å²) in [6, 6.07) is 0. The van der Waals surface area contributed by atoms with Gasteiger partial charge in [-0.3, -0.25) is 4.79 Å². The van der Waals surface area contributed by atoms with Gasteiger partial charge in [-0.15, -0.1) is 0 Å². The van der Waals surface area contributed by atoms with Crippen LogP contribution in [0.15, 0.2) is 0 Å². The maximum Gasteiger partial charge on any atom is 0.305 e. The second kappa shape index (κ2) is 15.9. The number of hydrogen-bond acceptors (Lipinski definition) is 3. The second-order valence-electron chi connectivity index (χ2n) is 7.37. The van der Waals surface area contributed by atoms with E-state index in [1.807, 2.05) is 0 Å². The Labute approximate surface area is 149 Å². The van der Waals surface area contributed by atoms with Crippen LogP contribution in [0, 0.1) is 0 Å². The van der Waals surface area contributed by atoms with Crippen molar-refractivity contribution in [2.45, 2.75) is 115 Å². The third-order valence-corrected chi connectivity index (χ3v) is 5.04. The fraction of sp³-hybridized carbons (Fsp3) is 0.952. The predicted octanol–water partition coefficient (Wildman–Crippen LogP) is 6.19. The number of rotatable bonds is 18. The zero-order chi connectivity index (χ0) is 17.3. The number of ether oxygens (including phenoxy) is 2. The molecule has 0 aromatic heterocycles. The predicted molar refractivity (Wildman–Crippen MR) is 100 cm³/mol. The zero-order valence-corrected chi connectivity index (χ0v) is 16.0. The summed E-state index contributed by atoms with van der Waals surface area (Å²) in [5.74, 6) is -0.0668. The Kier molecular flexibility index (Phi) is 14.3. The average Bonchev–Trinajstić information content (AvgIpc) is 3.41. The zero-order valence-electron chi connectivity index (χ0n) is 16.0. The highest BCUT2D eigenvalue weighted by Gasteiger charge is 2.20. The van der Waals surface area contributed by atoms with Gasteiger partial charge < -0.3 is 9.47 Å². The first-order chi connectivity index (χ1) is 11.8. The van der Waals surface area contributed by atoms with Gasteiger partial charge in [0.25, 0.3) is 0 Å². The fourth-order valence-electron chi connectivity index (χ4n) is 3.28. The topological polar surface area (TPSA) is 38.8 Å². The van der Waals surface area contributed by atoms with E-state index in [-0.39, 0.29) is 5.97 Å². The molecule has 0 saturated carbocycles. The van der Waals surface area contributed by atoms with Crippen molar-refractivity contribution >= 4 is 5.97 Å². The van der Waals surface area contributed by atoms with Crippen LogP contribution < -0.4 is 0 Å². The van der Waals surface area contributed by atoms with Gasteiger partial charge in [0, 0.05) is 6.42 Å². The lowest BCUT2D eigenvalue weighted by Gasteiger charge is -2.03. The van der Waals surface area contributed by atoms with Crippen LogP contribution in [0.25, 0.3) is 0 Å². The van der Waals surface area contributed by atoms with Crippen molar-refractivity contribution in [2.24, 2.45) is 0 Å². The summed E-state index contributed by atoms with van der Waals surface area (Å²) in [6.45, 7) is 1.02. The molecule has 1 unspecified atom stereocenters. The summed E-state index contributed by atoms with van der Waals surface area (Å²) in [5, 5.41) is 0. The van der Waals surface area contributed by atoms with E-state index < -0.39 is 0 Å². The molecule has 142 valence electrons. The summed E-state index contributed by atoms with van der Waals surface area (Å²) in [6.07, 6.45) is 22.7. The van der Waals surface area contributed by atoms with Gasteiger partial charge in [-0.1, -0.05) is 89.9 Å². The van der Waals surface area contributed by atoms with Crippen LogP contribution in [0.2, 0.25) is 0 Å². The van der Waals surface area contributed by atoms with Gasteiger partial charge in [-0.05, 0) is 12.8 Å². The number of carbonyl (C=O) groups excluding carboxylic acids is 1. The maximum absolute atomic E-state index is 11.0. The number of hydrogen-bond donors (Lipinski definition) is 0. The van der Waals surface area contributed by atoms with Gasteiger partial charge >= 0.3 is 5.97 Å². The summed E-state index contributed by atoms with van der Waals surface area (Å²) < 4.78 is 9.87. The van der Waals surface area contributed by atoms with Crippen LogP contribution >= 0.6 is 0 Å². The van der Waals surface area contributed by atoms with E-state index in [1.54, 1.807) is 0 Å². The Balaban J connectivity index is 1.62. The molecule has 1 rings (SSSR count). The molecule has 0 aromatic carbocycles. The first kappa shape index (κ1) is 21.5. The Hall–Kier alpha value is -0.570. The lowest BCUT2D eigenvalue weighted by molar-refractivity contribution is -0.140. The minimum atomic E-state index is -0.0668. The van der Waals surface area contributed by atoms with Crippen LogP contribution in [-0.4, -0.2) is 25.8 Å². The molecule has 3 heteroatoms. The molecule has 1 fully saturated rings. The van der Waals surface area contributed by atoms with E-state index >= 15 is 0 Å². The Morgan fingerprint density at radius 3 is 1.50 bits per heavy atom. The number of esters is 1. The summed E-state index contributed by atoms with van der Waals surface area (Å²) in [7, 11) is 1.47. The van der Waals surface area contributed by atoms with Crippen molar-refractivity contribution in [3.05, 3.63) is 0 Å². The van der Waals surface area contributed by atoms with Gasteiger partial charge in [0.2, 0.25) is 0 Å². The molecular weight excluding hydrogens is 300 g/mol. The van der Waals surface area contributed by atoms with Crippen LogP contribution in [0.4, 0.5) is 0 Å². The van der Waals surface area contributed by atoms with Crippen molar-refractivity contribution < 1.29 is 14.3 Å². The van der Waals surface area contributed by atoms with E-state index in [2.05, 4.69) is 4.74 Å². The van der Waals surface area contributed by atoms with Crippen molar-refractivity contribution in [1.29, 1.82) is 0 Å². The van der Waals surface area contributed by atoms with E-state index in [0.717, 1.165) is 13.0 Å². The fourth-order valence-corrected chi connectivity index (χ4v) is 3.28. The van der Waals surface area contributed by atoms with Crippen LogP contribution in [0.1, 0.15) is 109 Å². The highest BCUT2D eigenvalue weighted by atomic mass is 16.6. The molecule has 1 aliphatic heterocycles. The smallest absolute Gasteiger partial charge is 0.305 e. The van der Waals surface area contributed by atoms with Crippen LogP contribution in [0.3, 0.4) is 0 Å². The minimum Gasteiger partial charge on any atom is -0.469 e. The second-order valence-corrected chi connectivity index (χ2v) is 7.37. The first-order valence-corrected chi connectivity index (χ1v) is 10.5. The van der Waals surface area contributed by atoms with E-state index in [9.17, 15) is 4.79 Å². The van der Waals surface area contributed by atoms with Crippen molar-refractivity contribution in [1.82, 2.24) is 0 Å². The number of methoxy groups -OCH3 is 1. The number of unbranched alkanes of at least 4 members (excludes halogenated alkanes) is 14. The molecule has 0 amide bonds. The molecule has 0 spiro atoms. The molecule has 0 aliphatic carbocycles. The van der Waals surface area contributed by atoms with Crippen molar-refractivity contribution in [3.8, 4) is 0 Å². The Morgan fingerprint density at radius 2 is 1.12 bits per heavy atom. The van der Waals surface area contributed by atoms with Gasteiger partial charge in [-0.2, -0.15) is 0 Å². The molecular formula is C21H40O3. The highest BCUT2D eigenvalue weighted by Crippen LogP contribution is 2.18. The lowest BCUT2D eigenvalue weighted by atomic mass is 10.0. The molecule has 1 saturated heterocycles. The molecule has 0 aromatic rings. The van der Waals surface area contributed by atoms with Crippen LogP contribution in [-0.2, 0) is 14.3 Å². The molecule has 1 heterocycles. The van der Waals surface area contributed by atoms with Crippen LogP contribution in [0.5, 0.6) is 0 Å². The summed E-state index contributed by atoms with van der Waals surface area (Å²) in [5.41, 5.74) is 0. The molecule has 1 aliphatic rings. The summed E-state index contributed by atoms with van der Waals surface area (Å²) in [4.78, 5) is 11.0. The van der Waals surface area contributed by atoms with Gasteiger partial charge in [0.15, 0.2) is 0 Å². The molecule has 1 atom stereocenters. The van der Waals surface area contributed by atoms with Gasteiger partial charge in [-0.25, -0.2) is 0 Å². The van der Waals surface area contributed by atoms with Crippen molar-refractivity contribution in [3.63, 3.8) is 0 Å². The van der Waals surface area contributed by atoms with Crippen molar-refractivity contribution in [2.75, 3.05) is 13.7 Å². The van der Waals surface area contributed by atoms with Gasteiger partial charge in [0.1, 0.15) is 0 Å². The Bertz CT molecular complexity index is 287. The van der Waals surface area contributed by atoms with Gasteiger partial charge in [0.05, 0.1) is 19.8 Å². The standard InChI is InChI=1S/C21H40O3/c1-23-21(22)18-16-14-12-10-8-6-4-2-3-5-7-9-11-13-15-17-20-19-24-20/h20H,2-19H2,1H3. The van der Waals surface area contributed by atoms with E-state index in [4.69, 9.17) is 4.74 Å². The summed E-state index contributed by atoms with van der Waals surface area (Å²) >= 11 is 0. The maximum atomic E-state index is 11.0. The largest absolute Gasteiger partial charge is 0.469 e. The SMILES string of the molecule is COC(=O)CCCCCCCCCCCCCCCCCC1CO1. The lowest BCUT2D eigenvalue weighted by Crippen LogP contribution is -1.99. The molecule has 0 bridgehead atoms. The third kappa shape index (κ3) is 15.0. The monoisotopic (exact) mass is 340 g/mol. The molecule has 0 radical (unpaired) electrons.